The fourth-order valence-corrected chi connectivity index (χ4v) is 3.20. The van der Waals surface area contributed by atoms with Crippen LogP contribution >= 0.6 is 33.2 Å². The highest BCUT2D eigenvalue weighted by Crippen LogP contribution is 2.31. The van der Waals surface area contributed by atoms with Crippen LogP contribution in [0.4, 0.5) is 0 Å². The molecule has 0 heterocycles. The zero-order valence-corrected chi connectivity index (χ0v) is 10.2. The van der Waals surface area contributed by atoms with Crippen LogP contribution in [0.25, 0.3) is 0 Å². The molecule has 0 nitrogen and oxygen atoms in total. The molecule has 0 aliphatic heterocycles. The molecular formula is C8H13Cl3Si. The van der Waals surface area contributed by atoms with Gasteiger partial charge in [0.2, 0.25) is 0 Å². The fraction of sp³-hybridized carbons (Fsp3) is 0.750. The Bertz CT molecular complexity index is 162. The van der Waals surface area contributed by atoms with Gasteiger partial charge in [0.1, 0.15) is 0 Å². The minimum Gasteiger partial charge on any atom is -0.126 e. The van der Waals surface area contributed by atoms with Crippen LogP contribution in [0.5, 0.6) is 0 Å². The van der Waals surface area contributed by atoms with Gasteiger partial charge in [-0.2, -0.15) is 0 Å². The lowest BCUT2D eigenvalue weighted by atomic mass is 9.92. The molecule has 4 heteroatoms. The van der Waals surface area contributed by atoms with E-state index in [1.807, 2.05) is 0 Å². The van der Waals surface area contributed by atoms with Gasteiger partial charge in [-0.05, 0) is 37.6 Å². The predicted molar refractivity (Wildman–Crippen MR) is 59.2 cm³/mol. The second kappa shape index (κ2) is 4.90. The van der Waals surface area contributed by atoms with Gasteiger partial charge in [-0.15, -0.1) is 33.2 Å². The lowest BCUT2D eigenvalue weighted by molar-refractivity contribution is 0.464. The van der Waals surface area contributed by atoms with Gasteiger partial charge in [-0.1, -0.05) is 12.2 Å². The van der Waals surface area contributed by atoms with Crippen LogP contribution in [-0.4, -0.2) is 6.00 Å². The summed E-state index contributed by atoms with van der Waals surface area (Å²) in [5.41, 5.74) is 0. The molecule has 0 N–H and O–H groups in total. The molecule has 0 aromatic heterocycles. The maximum Gasteiger partial charge on any atom is 0.341 e. The van der Waals surface area contributed by atoms with Crippen molar-refractivity contribution >= 4 is 39.2 Å². The van der Waals surface area contributed by atoms with E-state index in [9.17, 15) is 0 Å². The Morgan fingerprint density at radius 3 is 2.50 bits per heavy atom. The van der Waals surface area contributed by atoms with E-state index < -0.39 is 6.00 Å². The van der Waals surface area contributed by atoms with Crippen molar-refractivity contribution in [1.82, 2.24) is 0 Å². The van der Waals surface area contributed by atoms with Gasteiger partial charge in [0.25, 0.3) is 0 Å². The summed E-state index contributed by atoms with van der Waals surface area (Å²) in [4.78, 5) is 0. The Labute approximate surface area is 89.0 Å². The summed E-state index contributed by atoms with van der Waals surface area (Å²) in [6.45, 7) is 0. The van der Waals surface area contributed by atoms with E-state index in [2.05, 4.69) is 12.2 Å². The van der Waals surface area contributed by atoms with Crippen molar-refractivity contribution in [2.45, 2.75) is 31.7 Å². The Balaban J connectivity index is 2.19. The largest absolute Gasteiger partial charge is 0.341 e. The third kappa shape index (κ3) is 4.76. The van der Waals surface area contributed by atoms with Crippen molar-refractivity contribution in [3.05, 3.63) is 12.2 Å². The number of hydrogen-bond acceptors (Lipinski definition) is 0. The Kier molecular flexibility index (Phi) is 4.45. The molecule has 1 atom stereocenters. The quantitative estimate of drug-likeness (QED) is 0.392. The monoisotopic (exact) mass is 242 g/mol. The summed E-state index contributed by atoms with van der Waals surface area (Å²) in [6, 6.07) is -1.53. The van der Waals surface area contributed by atoms with Gasteiger partial charge in [-0.25, -0.2) is 0 Å². The molecular weight excluding hydrogens is 231 g/mol. The van der Waals surface area contributed by atoms with Crippen LogP contribution in [-0.2, 0) is 0 Å². The van der Waals surface area contributed by atoms with Gasteiger partial charge < -0.3 is 0 Å². The maximum absolute atomic E-state index is 5.80. The van der Waals surface area contributed by atoms with Gasteiger partial charge in [0, 0.05) is 0 Å². The van der Waals surface area contributed by atoms with E-state index in [-0.39, 0.29) is 0 Å². The third-order valence-electron chi connectivity index (χ3n) is 2.21. The van der Waals surface area contributed by atoms with Gasteiger partial charge >= 0.3 is 6.00 Å². The van der Waals surface area contributed by atoms with E-state index in [4.69, 9.17) is 33.2 Å². The molecule has 0 aromatic rings. The molecule has 0 unspecified atom stereocenters. The molecule has 0 aromatic carbocycles. The topological polar surface area (TPSA) is 0 Å². The summed E-state index contributed by atoms with van der Waals surface area (Å²) >= 11 is 17.4. The lowest BCUT2D eigenvalue weighted by Gasteiger charge is -2.18. The van der Waals surface area contributed by atoms with E-state index in [1.54, 1.807) is 0 Å². The fourth-order valence-electron chi connectivity index (χ4n) is 1.49. The predicted octanol–water partition coefficient (Wildman–Crippen LogP) is 4.39. The Hall–Kier alpha value is 0.827. The van der Waals surface area contributed by atoms with Crippen molar-refractivity contribution in [3.63, 3.8) is 0 Å². The van der Waals surface area contributed by atoms with Gasteiger partial charge in [0.15, 0.2) is 0 Å². The zero-order valence-electron chi connectivity index (χ0n) is 6.90. The Morgan fingerprint density at radius 1 is 1.25 bits per heavy atom. The zero-order chi connectivity index (χ0) is 9.03. The van der Waals surface area contributed by atoms with Gasteiger partial charge in [-0.3, -0.25) is 0 Å². The highest BCUT2D eigenvalue weighted by molar-refractivity contribution is 7.64. The molecule has 1 rings (SSSR count). The second-order valence-corrected chi connectivity index (χ2v) is 12.6. The van der Waals surface area contributed by atoms with Crippen LogP contribution in [0.15, 0.2) is 12.2 Å². The lowest BCUT2D eigenvalue weighted by Crippen LogP contribution is -2.12. The summed E-state index contributed by atoms with van der Waals surface area (Å²) in [5.74, 6) is 0.762. The van der Waals surface area contributed by atoms with Crippen molar-refractivity contribution in [2.24, 2.45) is 5.92 Å². The summed E-state index contributed by atoms with van der Waals surface area (Å²) in [6.07, 6.45) is 9.22. The third-order valence-corrected chi connectivity index (χ3v) is 4.77. The molecule has 0 bridgehead atoms. The van der Waals surface area contributed by atoms with E-state index >= 15 is 0 Å². The molecule has 70 valence electrons. The number of rotatable bonds is 3. The van der Waals surface area contributed by atoms with Crippen molar-refractivity contribution in [1.29, 1.82) is 0 Å². The van der Waals surface area contributed by atoms with E-state index in [0.717, 1.165) is 18.4 Å². The van der Waals surface area contributed by atoms with Crippen LogP contribution in [0.1, 0.15) is 25.7 Å². The van der Waals surface area contributed by atoms with Crippen LogP contribution in [0.3, 0.4) is 0 Å². The number of halogens is 3. The average molecular weight is 244 g/mol. The SMILES string of the molecule is Cl[Si](Cl)(Cl)CC[C@H]1CC=CCC1. The standard InChI is InChI=1S/C8H13Cl3Si/c9-12(10,11)7-6-8-4-2-1-3-5-8/h1-2,8H,3-7H2/t8-/m0/s1. The van der Waals surface area contributed by atoms with E-state index in [1.165, 1.54) is 19.3 Å². The molecule has 1 aliphatic carbocycles. The summed E-state index contributed by atoms with van der Waals surface area (Å²) in [5, 5.41) is 0. The molecule has 0 spiro atoms. The first-order chi connectivity index (χ1) is 5.58. The highest BCUT2D eigenvalue weighted by atomic mass is 35.8. The normalized spacial score (nSPS) is 24.4. The highest BCUT2D eigenvalue weighted by Gasteiger charge is 2.26. The smallest absolute Gasteiger partial charge is 0.126 e. The minimum absolute atomic E-state index is 0.762. The number of allylic oxidation sites excluding steroid dienone is 2. The first-order valence-corrected chi connectivity index (χ1v) is 9.54. The maximum atomic E-state index is 5.80. The van der Waals surface area contributed by atoms with Crippen LogP contribution in [0, 0.1) is 5.92 Å². The molecule has 0 amide bonds. The Morgan fingerprint density at radius 2 is 2.00 bits per heavy atom. The molecule has 0 radical (unpaired) electrons. The molecule has 12 heavy (non-hydrogen) atoms. The molecule has 0 fully saturated rings. The van der Waals surface area contributed by atoms with Gasteiger partial charge in [0.05, 0.1) is 0 Å². The average Bonchev–Trinajstić information content (AvgIpc) is 2.02. The second-order valence-electron chi connectivity index (χ2n) is 3.30. The first-order valence-electron chi connectivity index (χ1n) is 4.30. The molecule has 0 saturated carbocycles. The first kappa shape index (κ1) is 10.9. The summed E-state index contributed by atoms with van der Waals surface area (Å²) in [7, 11) is 0. The summed E-state index contributed by atoms with van der Waals surface area (Å²) < 4.78 is 0. The molecule has 0 saturated heterocycles. The number of hydrogen-bond donors (Lipinski definition) is 0. The minimum atomic E-state index is -2.35. The van der Waals surface area contributed by atoms with E-state index in [0.29, 0.717) is 0 Å². The van der Waals surface area contributed by atoms with Crippen LogP contribution < -0.4 is 0 Å². The van der Waals surface area contributed by atoms with Crippen molar-refractivity contribution in [2.75, 3.05) is 0 Å². The van der Waals surface area contributed by atoms with Crippen molar-refractivity contribution < 1.29 is 0 Å². The molecule has 1 aliphatic rings. The van der Waals surface area contributed by atoms with Crippen LogP contribution in [0.2, 0.25) is 6.04 Å². The van der Waals surface area contributed by atoms with Crippen molar-refractivity contribution in [3.8, 4) is 0 Å².